The molecular formula is C8H9ClINOS. The maximum absolute atomic E-state index is 5.75. The summed E-state index contributed by atoms with van der Waals surface area (Å²) in [6.07, 6.45) is 0. The molecule has 0 radical (unpaired) electrons. The fourth-order valence-corrected chi connectivity index (χ4v) is 1.20. The van der Waals surface area contributed by atoms with Crippen molar-refractivity contribution in [3.8, 4) is 5.75 Å². The van der Waals surface area contributed by atoms with Crippen molar-refractivity contribution in [3.63, 3.8) is 0 Å². The van der Waals surface area contributed by atoms with Gasteiger partial charge >= 0.3 is 0 Å². The Morgan fingerprint density at radius 3 is 2.62 bits per heavy atom. The third kappa shape index (κ3) is 3.28. The largest absolute Gasteiger partial charge is 0.496 e. The van der Waals surface area contributed by atoms with E-state index in [1.165, 1.54) is 0 Å². The zero-order valence-electron chi connectivity index (χ0n) is 6.91. The molecule has 0 spiro atoms. The summed E-state index contributed by atoms with van der Waals surface area (Å²) < 4.78 is 5.04. The second-order valence-corrected chi connectivity index (χ2v) is 3.09. The molecule has 0 aliphatic heterocycles. The first-order valence-electron chi connectivity index (χ1n) is 3.28. The summed E-state index contributed by atoms with van der Waals surface area (Å²) in [4.78, 5) is 0.286. The summed E-state index contributed by atoms with van der Waals surface area (Å²) in [6.45, 7) is 0. The van der Waals surface area contributed by atoms with E-state index < -0.39 is 0 Å². The van der Waals surface area contributed by atoms with Gasteiger partial charge in [0.2, 0.25) is 0 Å². The van der Waals surface area contributed by atoms with Crippen LogP contribution in [0.5, 0.6) is 5.75 Å². The van der Waals surface area contributed by atoms with Crippen molar-refractivity contribution in [2.45, 2.75) is 0 Å². The smallest absolute Gasteiger partial charge is 0.129 e. The number of nitrogens with two attached hydrogens (primary N) is 1. The quantitative estimate of drug-likeness (QED) is 0.669. The van der Waals surface area contributed by atoms with Crippen LogP contribution in [0.25, 0.3) is 0 Å². The lowest BCUT2D eigenvalue weighted by Gasteiger charge is -2.06. The first-order valence-corrected chi connectivity index (χ1v) is 4.07. The molecule has 1 aromatic carbocycles. The van der Waals surface area contributed by atoms with Crippen LogP contribution >= 0.6 is 47.8 Å². The van der Waals surface area contributed by atoms with Gasteiger partial charge in [0.15, 0.2) is 0 Å². The summed E-state index contributed by atoms with van der Waals surface area (Å²) in [5.41, 5.74) is 6.12. The first kappa shape index (κ1) is 12.9. The van der Waals surface area contributed by atoms with Gasteiger partial charge in [0.05, 0.1) is 12.7 Å². The summed E-state index contributed by atoms with van der Waals surface area (Å²) in [6, 6.07) is 5.14. The molecule has 72 valence electrons. The molecular weight excluding hydrogens is 321 g/mol. The Hall–Kier alpha value is -0.0700. The van der Waals surface area contributed by atoms with Crippen LogP contribution in [0.4, 0.5) is 0 Å². The molecule has 1 rings (SSSR count). The molecule has 0 heterocycles. The Labute approximate surface area is 104 Å². The normalized spacial score (nSPS) is 8.77. The highest BCUT2D eigenvalue weighted by Crippen LogP contribution is 2.22. The molecule has 2 N–H and O–H groups in total. The van der Waals surface area contributed by atoms with Crippen molar-refractivity contribution in [3.05, 3.63) is 28.8 Å². The van der Waals surface area contributed by atoms with Gasteiger partial charge in [-0.05, 0) is 18.2 Å². The van der Waals surface area contributed by atoms with E-state index in [1.54, 1.807) is 25.3 Å². The van der Waals surface area contributed by atoms with Crippen LogP contribution < -0.4 is 10.5 Å². The van der Waals surface area contributed by atoms with Gasteiger partial charge in [0.1, 0.15) is 10.7 Å². The van der Waals surface area contributed by atoms with Crippen LogP contribution in [0.15, 0.2) is 18.2 Å². The number of methoxy groups -OCH3 is 1. The lowest BCUT2D eigenvalue weighted by atomic mass is 10.2. The zero-order chi connectivity index (χ0) is 9.14. The standard InChI is InChI=1S/C8H8ClNOS.HI/c1-11-7-3-2-5(9)4-6(7)8(10)12;/h2-4H,1H3,(H2,10,12);1H. The molecule has 0 aliphatic rings. The average molecular weight is 330 g/mol. The fourth-order valence-electron chi connectivity index (χ4n) is 0.873. The summed E-state index contributed by atoms with van der Waals surface area (Å²) >= 11 is 10.6. The van der Waals surface area contributed by atoms with Crippen LogP contribution in [-0.4, -0.2) is 12.1 Å². The van der Waals surface area contributed by atoms with E-state index in [0.29, 0.717) is 16.3 Å². The zero-order valence-corrected chi connectivity index (χ0v) is 10.8. The highest BCUT2D eigenvalue weighted by Gasteiger charge is 2.05. The second kappa shape index (κ2) is 5.62. The van der Waals surface area contributed by atoms with E-state index in [2.05, 4.69) is 0 Å². The first-order chi connectivity index (χ1) is 5.65. The van der Waals surface area contributed by atoms with E-state index in [4.69, 9.17) is 34.3 Å². The van der Waals surface area contributed by atoms with Gasteiger partial charge in [-0.2, -0.15) is 0 Å². The molecule has 2 nitrogen and oxygen atoms in total. The van der Waals surface area contributed by atoms with E-state index in [9.17, 15) is 0 Å². The molecule has 0 bridgehead atoms. The molecule has 0 atom stereocenters. The molecule has 13 heavy (non-hydrogen) atoms. The van der Waals surface area contributed by atoms with Crippen LogP contribution in [0.1, 0.15) is 5.56 Å². The topological polar surface area (TPSA) is 35.2 Å². The van der Waals surface area contributed by atoms with Crippen LogP contribution in [-0.2, 0) is 0 Å². The number of rotatable bonds is 2. The van der Waals surface area contributed by atoms with Crippen LogP contribution in [0.3, 0.4) is 0 Å². The predicted octanol–water partition coefficient (Wildman–Crippen LogP) is 2.60. The number of benzene rings is 1. The summed E-state index contributed by atoms with van der Waals surface area (Å²) in [5.74, 6) is 0.645. The molecule has 0 aromatic heterocycles. The lowest BCUT2D eigenvalue weighted by Crippen LogP contribution is -2.10. The third-order valence-electron chi connectivity index (χ3n) is 1.43. The van der Waals surface area contributed by atoms with E-state index in [-0.39, 0.29) is 29.0 Å². The maximum Gasteiger partial charge on any atom is 0.129 e. The van der Waals surface area contributed by atoms with Gasteiger partial charge in [-0.25, -0.2) is 0 Å². The molecule has 0 fully saturated rings. The Kier molecular flexibility index (Phi) is 5.59. The highest BCUT2D eigenvalue weighted by molar-refractivity contribution is 14.0. The van der Waals surface area contributed by atoms with Crippen molar-refractivity contribution >= 4 is 52.8 Å². The summed E-state index contributed by atoms with van der Waals surface area (Å²) in [5, 5.41) is 0.596. The number of thiocarbonyl (C=S) groups is 1. The Morgan fingerprint density at radius 1 is 1.54 bits per heavy atom. The second-order valence-electron chi connectivity index (χ2n) is 2.21. The van der Waals surface area contributed by atoms with Crippen molar-refractivity contribution in [2.24, 2.45) is 5.73 Å². The molecule has 0 amide bonds. The van der Waals surface area contributed by atoms with Gasteiger partial charge in [0, 0.05) is 5.02 Å². The van der Waals surface area contributed by atoms with Gasteiger partial charge in [-0.3, -0.25) is 0 Å². The SMILES string of the molecule is COc1ccc(Cl)cc1C(N)=S.I. The number of hydrogen-bond donors (Lipinski definition) is 1. The van der Waals surface area contributed by atoms with Crippen molar-refractivity contribution < 1.29 is 4.74 Å². The molecule has 5 heteroatoms. The number of halogens is 2. The minimum absolute atomic E-state index is 0. The predicted molar refractivity (Wildman–Crippen MR) is 69.3 cm³/mol. The number of hydrogen-bond acceptors (Lipinski definition) is 2. The minimum Gasteiger partial charge on any atom is -0.496 e. The summed E-state index contributed by atoms with van der Waals surface area (Å²) in [7, 11) is 1.56. The molecule has 0 unspecified atom stereocenters. The van der Waals surface area contributed by atoms with Gasteiger partial charge in [-0.15, -0.1) is 24.0 Å². The van der Waals surface area contributed by atoms with Crippen LogP contribution in [0, 0.1) is 0 Å². The molecule has 0 saturated carbocycles. The number of ether oxygens (including phenoxy) is 1. The molecule has 0 saturated heterocycles. The average Bonchev–Trinajstić information content (AvgIpc) is 2.04. The van der Waals surface area contributed by atoms with Gasteiger partial charge in [-0.1, -0.05) is 23.8 Å². The molecule has 0 aliphatic carbocycles. The fraction of sp³-hybridized carbons (Fsp3) is 0.125. The highest BCUT2D eigenvalue weighted by atomic mass is 127. The van der Waals surface area contributed by atoms with Gasteiger partial charge in [0.25, 0.3) is 0 Å². The van der Waals surface area contributed by atoms with E-state index in [0.717, 1.165) is 0 Å². The van der Waals surface area contributed by atoms with Crippen molar-refractivity contribution in [1.29, 1.82) is 0 Å². The van der Waals surface area contributed by atoms with Crippen LogP contribution in [0.2, 0.25) is 5.02 Å². The third-order valence-corrected chi connectivity index (χ3v) is 1.88. The van der Waals surface area contributed by atoms with E-state index >= 15 is 0 Å². The van der Waals surface area contributed by atoms with E-state index in [1.807, 2.05) is 0 Å². The van der Waals surface area contributed by atoms with Gasteiger partial charge < -0.3 is 10.5 Å². The Balaban J connectivity index is 0.00000144. The molecule has 1 aromatic rings. The van der Waals surface area contributed by atoms with Crippen molar-refractivity contribution in [1.82, 2.24) is 0 Å². The van der Waals surface area contributed by atoms with Crippen molar-refractivity contribution in [2.75, 3.05) is 7.11 Å². The maximum atomic E-state index is 5.75. The Morgan fingerprint density at radius 2 is 2.15 bits per heavy atom. The lowest BCUT2D eigenvalue weighted by molar-refractivity contribution is 0.414. The minimum atomic E-state index is 0. The monoisotopic (exact) mass is 329 g/mol. The Bertz CT molecular complexity index is 319.